The number of hydrogen-bond acceptors (Lipinski definition) is 5. The van der Waals surface area contributed by atoms with Gasteiger partial charge in [-0.3, -0.25) is 0 Å². The Morgan fingerprint density at radius 3 is 1.76 bits per heavy atom. The molecule has 0 amide bonds. The number of methoxy groups -OCH3 is 2. The zero-order valence-electron chi connectivity index (χ0n) is 9.51. The Morgan fingerprint density at radius 1 is 1.00 bits per heavy atom. The van der Waals surface area contributed by atoms with Gasteiger partial charge in [-0.15, -0.1) is 0 Å². The van der Waals surface area contributed by atoms with Crippen LogP contribution < -0.4 is 0 Å². The molecule has 5 heteroatoms. The van der Waals surface area contributed by atoms with Crippen molar-refractivity contribution in [3.05, 3.63) is 35.8 Å². The van der Waals surface area contributed by atoms with Crippen LogP contribution in [0.3, 0.4) is 0 Å². The van der Waals surface area contributed by atoms with Gasteiger partial charge >= 0.3 is 11.9 Å². The van der Waals surface area contributed by atoms with Crippen molar-refractivity contribution in [1.29, 1.82) is 0 Å². The fraction of sp³-hybridized carbons (Fsp3) is 0.167. The monoisotopic (exact) mass is 236 g/mol. The van der Waals surface area contributed by atoms with Crippen LogP contribution in [0.25, 0.3) is 12.2 Å². The molecule has 0 unspecified atom stereocenters. The molecule has 0 aliphatic rings. The molecule has 90 valence electrons. The van der Waals surface area contributed by atoms with E-state index in [0.29, 0.717) is 11.5 Å². The smallest absolute Gasteiger partial charge is 0.330 e. The maximum absolute atomic E-state index is 10.8. The number of hydrogen-bond donors (Lipinski definition) is 0. The predicted molar refractivity (Wildman–Crippen MR) is 60.8 cm³/mol. The van der Waals surface area contributed by atoms with Gasteiger partial charge in [-0.2, -0.15) is 0 Å². The first-order valence-corrected chi connectivity index (χ1v) is 4.77. The van der Waals surface area contributed by atoms with Crippen LogP contribution in [0.4, 0.5) is 0 Å². The SMILES string of the molecule is COC(=O)C=Cc1ccc(C=CC(=O)OC)o1. The Labute approximate surface area is 98.3 Å². The third-order valence-corrected chi connectivity index (χ3v) is 1.82. The molecule has 0 spiro atoms. The van der Waals surface area contributed by atoms with E-state index in [2.05, 4.69) is 9.47 Å². The summed E-state index contributed by atoms with van der Waals surface area (Å²) in [4.78, 5) is 21.6. The topological polar surface area (TPSA) is 65.7 Å². The van der Waals surface area contributed by atoms with E-state index in [-0.39, 0.29) is 0 Å². The molecule has 0 fully saturated rings. The molecule has 0 aliphatic heterocycles. The van der Waals surface area contributed by atoms with Crippen molar-refractivity contribution in [3.8, 4) is 0 Å². The van der Waals surface area contributed by atoms with E-state index in [4.69, 9.17) is 4.42 Å². The van der Waals surface area contributed by atoms with Gasteiger partial charge in [0.2, 0.25) is 0 Å². The Bertz CT molecular complexity index is 413. The fourth-order valence-corrected chi connectivity index (χ4v) is 0.984. The Morgan fingerprint density at radius 2 is 1.41 bits per heavy atom. The van der Waals surface area contributed by atoms with Gasteiger partial charge in [-0.05, 0) is 24.3 Å². The maximum Gasteiger partial charge on any atom is 0.330 e. The summed E-state index contributed by atoms with van der Waals surface area (Å²) < 4.78 is 14.1. The first kappa shape index (κ1) is 12.8. The number of rotatable bonds is 4. The van der Waals surface area contributed by atoms with Gasteiger partial charge in [0, 0.05) is 12.2 Å². The highest BCUT2D eigenvalue weighted by atomic mass is 16.5. The molecular formula is C12H12O5. The number of carbonyl (C=O) groups is 2. The van der Waals surface area contributed by atoms with Crippen LogP contribution in [-0.2, 0) is 19.1 Å². The Hall–Kier alpha value is -2.30. The lowest BCUT2D eigenvalue weighted by Gasteiger charge is -1.89. The van der Waals surface area contributed by atoms with Crippen LogP contribution in [0.15, 0.2) is 28.7 Å². The molecule has 0 atom stereocenters. The summed E-state index contributed by atoms with van der Waals surface area (Å²) >= 11 is 0. The minimum absolute atomic E-state index is 0.465. The van der Waals surface area contributed by atoms with Crippen LogP contribution in [0, 0.1) is 0 Å². The van der Waals surface area contributed by atoms with Crippen molar-refractivity contribution in [2.75, 3.05) is 14.2 Å². The maximum atomic E-state index is 10.8. The van der Waals surface area contributed by atoms with E-state index >= 15 is 0 Å². The summed E-state index contributed by atoms with van der Waals surface area (Å²) in [5.41, 5.74) is 0. The van der Waals surface area contributed by atoms with E-state index in [0.717, 1.165) is 0 Å². The highest BCUT2D eigenvalue weighted by Crippen LogP contribution is 2.11. The zero-order chi connectivity index (χ0) is 12.7. The minimum atomic E-state index is -0.465. The predicted octanol–water partition coefficient (Wildman–Crippen LogP) is 1.65. The highest BCUT2D eigenvalue weighted by molar-refractivity contribution is 5.87. The number of esters is 2. The molecule has 0 aromatic carbocycles. The van der Waals surface area contributed by atoms with Crippen LogP contribution in [-0.4, -0.2) is 26.2 Å². The molecule has 17 heavy (non-hydrogen) atoms. The van der Waals surface area contributed by atoms with Crippen molar-refractivity contribution < 1.29 is 23.5 Å². The molecular weight excluding hydrogens is 224 g/mol. The molecule has 0 saturated heterocycles. The minimum Gasteiger partial charge on any atom is -0.466 e. The first-order chi connectivity index (χ1) is 8.15. The summed E-state index contributed by atoms with van der Waals surface area (Å²) in [5.74, 6) is 0.0425. The molecule has 0 aliphatic carbocycles. The van der Waals surface area contributed by atoms with Gasteiger partial charge in [-0.25, -0.2) is 9.59 Å². The van der Waals surface area contributed by atoms with E-state index in [1.807, 2.05) is 0 Å². The third kappa shape index (κ3) is 4.38. The molecule has 1 heterocycles. The molecule has 0 bridgehead atoms. The molecule has 1 aromatic rings. The molecule has 0 saturated carbocycles. The largest absolute Gasteiger partial charge is 0.466 e. The fourth-order valence-electron chi connectivity index (χ4n) is 0.984. The van der Waals surface area contributed by atoms with E-state index in [1.165, 1.54) is 38.5 Å². The van der Waals surface area contributed by atoms with Crippen LogP contribution in [0.1, 0.15) is 11.5 Å². The Balaban J connectivity index is 2.65. The van der Waals surface area contributed by atoms with Gasteiger partial charge in [0.1, 0.15) is 11.5 Å². The molecule has 1 aromatic heterocycles. The second kappa shape index (κ2) is 6.32. The molecule has 5 nitrogen and oxygen atoms in total. The standard InChI is InChI=1S/C12H12O5/c1-15-11(13)7-5-9-3-4-10(17-9)6-8-12(14)16-2/h3-8H,1-2H3. The van der Waals surface area contributed by atoms with Crippen LogP contribution in [0.2, 0.25) is 0 Å². The Kier molecular flexibility index (Phi) is 4.75. The number of carbonyl (C=O) groups excluding carboxylic acids is 2. The average molecular weight is 236 g/mol. The molecule has 0 radical (unpaired) electrons. The number of furan rings is 1. The lowest BCUT2D eigenvalue weighted by molar-refractivity contribution is -0.135. The lowest BCUT2D eigenvalue weighted by Crippen LogP contribution is -1.93. The van der Waals surface area contributed by atoms with Crippen molar-refractivity contribution in [2.24, 2.45) is 0 Å². The van der Waals surface area contributed by atoms with Gasteiger partial charge < -0.3 is 13.9 Å². The van der Waals surface area contributed by atoms with E-state index in [1.54, 1.807) is 12.1 Å². The van der Waals surface area contributed by atoms with E-state index < -0.39 is 11.9 Å². The number of ether oxygens (including phenoxy) is 2. The summed E-state index contributed by atoms with van der Waals surface area (Å²) in [7, 11) is 2.58. The first-order valence-electron chi connectivity index (χ1n) is 4.77. The summed E-state index contributed by atoms with van der Waals surface area (Å²) in [5, 5.41) is 0. The molecule has 0 N–H and O–H groups in total. The summed E-state index contributed by atoms with van der Waals surface area (Å²) in [6.07, 6.45) is 5.43. The van der Waals surface area contributed by atoms with Crippen molar-refractivity contribution >= 4 is 24.1 Å². The van der Waals surface area contributed by atoms with Gasteiger partial charge in [0.25, 0.3) is 0 Å². The van der Waals surface area contributed by atoms with E-state index in [9.17, 15) is 9.59 Å². The third-order valence-electron chi connectivity index (χ3n) is 1.82. The summed E-state index contributed by atoms with van der Waals surface area (Å²) in [6, 6.07) is 3.33. The van der Waals surface area contributed by atoms with Crippen molar-refractivity contribution in [3.63, 3.8) is 0 Å². The zero-order valence-corrected chi connectivity index (χ0v) is 9.51. The van der Waals surface area contributed by atoms with Crippen molar-refractivity contribution in [2.45, 2.75) is 0 Å². The quantitative estimate of drug-likeness (QED) is 0.587. The second-order valence-electron chi connectivity index (χ2n) is 2.95. The van der Waals surface area contributed by atoms with Gasteiger partial charge in [-0.1, -0.05) is 0 Å². The van der Waals surface area contributed by atoms with Crippen LogP contribution >= 0.6 is 0 Å². The van der Waals surface area contributed by atoms with Crippen molar-refractivity contribution in [1.82, 2.24) is 0 Å². The van der Waals surface area contributed by atoms with Gasteiger partial charge in [0.15, 0.2) is 0 Å². The highest BCUT2D eigenvalue weighted by Gasteiger charge is 1.98. The summed E-state index contributed by atoms with van der Waals surface area (Å²) in [6.45, 7) is 0. The average Bonchev–Trinajstić information content (AvgIpc) is 2.80. The normalized spacial score (nSPS) is 10.9. The molecule has 1 rings (SSSR count). The van der Waals surface area contributed by atoms with Crippen LogP contribution in [0.5, 0.6) is 0 Å². The lowest BCUT2D eigenvalue weighted by atomic mass is 10.3. The second-order valence-corrected chi connectivity index (χ2v) is 2.95. The van der Waals surface area contributed by atoms with Gasteiger partial charge in [0.05, 0.1) is 14.2 Å².